The molecule has 0 aromatic heterocycles. The second kappa shape index (κ2) is 5.40. The highest BCUT2D eigenvalue weighted by Gasteiger charge is 2.46. The monoisotopic (exact) mass is 284 g/mol. The summed E-state index contributed by atoms with van der Waals surface area (Å²) in [7, 11) is 0. The average Bonchev–Trinajstić information content (AvgIpc) is 3.15. The van der Waals surface area contributed by atoms with Crippen molar-refractivity contribution in [3.05, 3.63) is 35.4 Å². The van der Waals surface area contributed by atoms with E-state index in [1.54, 1.807) is 11.1 Å². The Kier molecular flexibility index (Phi) is 3.55. The number of hydrogen-bond acceptors (Lipinski definition) is 2. The largest absolute Gasteiger partial charge is 0.326 e. The van der Waals surface area contributed by atoms with Crippen LogP contribution in [0.15, 0.2) is 24.3 Å². The van der Waals surface area contributed by atoms with Gasteiger partial charge in [-0.05, 0) is 68.7 Å². The lowest BCUT2D eigenvalue weighted by atomic mass is 9.71. The van der Waals surface area contributed by atoms with Crippen LogP contribution in [-0.2, 0) is 6.42 Å². The number of fused-ring (bicyclic) bond motifs is 1. The fourth-order valence-electron chi connectivity index (χ4n) is 5.17. The Bertz CT molecular complexity index is 498. The van der Waals surface area contributed by atoms with Crippen molar-refractivity contribution in [1.82, 2.24) is 4.90 Å². The topological polar surface area (TPSA) is 29.3 Å². The molecule has 114 valence electrons. The lowest BCUT2D eigenvalue weighted by molar-refractivity contribution is 0.0848. The van der Waals surface area contributed by atoms with Gasteiger partial charge in [0.1, 0.15) is 0 Å². The molecule has 2 atom stereocenters. The zero-order valence-corrected chi connectivity index (χ0v) is 13.1. The highest BCUT2D eigenvalue weighted by molar-refractivity contribution is 5.40. The van der Waals surface area contributed by atoms with Crippen molar-refractivity contribution in [2.45, 2.75) is 68.9 Å². The van der Waals surface area contributed by atoms with Gasteiger partial charge in [0.2, 0.25) is 0 Å². The Morgan fingerprint density at radius 1 is 1.10 bits per heavy atom. The van der Waals surface area contributed by atoms with Crippen LogP contribution in [0.25, 0.3) is 0 Å². The maximum atomic E-state index is 6.82. The first-order valence-corrected chi connectivity index (χ1v) is 8.88. The van der Waals surface area contributed by atoms with Crippen LogP contribution >= 0.6 is 0 Å². The van der Waals surface area contributed by atoms with Gasteiger partial charge in [0.15, 0.2) is 0 Å². The van der Waals surface area contributed by atoms with Gasteiger partial charge in [-0.15, -0.1) is 0 Å². The number of nitrogens with zero attached hydrogens (tertiary/aromatic N) is 1. The number of likely N-dealkylation sites (tertiary alicyclic amines) is 1. The van der Waals surface area contributed by atoms with Gasteiger partial charge in [-0.25, -0.2) is 0 Å². The summed E-state index contributed by atoms with van der Waals surface area (Å²) in [6, 6.07) is 9.30. The molecule has 1 saturated carbocycles. The van der Waals surface area contributed by atoms with E-state index in [1.165, 1.54) is 64.5 Å². The van der Waals surface area contributed by atoms with Crippen LogP contribution in [0.3, 0.4) is 0 Å². The summed E-state index contributed by atoms with van der Waals surface area (Å²) in [4.78, 5) is 2.76. The predicted octanol–water partition coefficient (Wildman–Crippen LogP) is 3.45. The van der Waals surface area contributed by atoms with Crippen molar-refractivity contribution >= 4 is 0 Å². The van der Waals surface area contributed by atoms with E-state index in [0.29, 0.717) is 11.6 Å². The minimum atomic E-state index is 0.334. The summed E-state index contributed by atoms with van der Waals surface area (Å²) in [5.74, 6) is 0.719. The van der Waals surface area contributed by atoms with Crippen LogP contribution in [0.5, 0.6) is 0 Å². The summed E-state index contributed by atoms with van der Waals surface area (Å²) < 4.78 is 0. The molecule has 2 N–H and O–H groups in total. The molecule has 1 saturated heterocycles. The number of nitrogens with two attached hydrogens (primary N) is 1. The second-order valence-electron chi connectivity index (χ2n) is 7.45. The molecule has 4 rings (SSSR count). The molecule has 1 aromatic carbocycles. The van der Waals surface area contributed by atoms with E-state index in [-0.39, 0.29) is 0 Å². The molecule has 0 bridgehead atoms. The third-order valence-electron chi connectivity index (χ3n) is 6.40. The Morgan fingerprint density at radius 3 is 2.52 bits per heavy atom. The first kappa shape index (κ1) is 13.8. The Balaban J connectivity index is 1.49. The zero-order valence-electron chi connectivity index (χ0n) is 13.1. The molecular weight excluding hydrogens is 256 g/mol. The highest BCUT2D eigenvalue weighted by Crippen LogP contribution is 2.44. The van der Waals surface area contributed by atoms with Gasteiger partial charge in [0, 0.05) is 11.6 Å². The smallest absolute Gasteiger partial charge is 0.0360 e. The van der Waals surface area contributed by atoms with E-state index < -0.39 is 0 Å². The minimum Gasteiger partial charge on any atom is -0.326 e. The summed E-state index contributed by atoms with van der Waals surface area (Å²) >= 11 is 0. The van der Waals surface area contributed by atoms with E-state index in [2.05, 4.69) is 29.2 Å². The molecule has 3 aliphatic rings. The molecular formula is C19H28N2. The first-order chi connectivity index (χ1) is 10.3. The maximum Gasteiger partial charge on any atom is 0.0360 e. The van der Waals surface area contributed by atoms with Gasteiger partial charge in [0.05, 0.1) is 0 Å². The number of rotatable bonds is 4. The van der Waals surface area contributed by atoms with Crippen LogP contribution < -0.4 is 5.73 Å². The fourth-order valence-corrected chi connectivity index (χ4v) is 5.17. The molecule has 21 heavy (non-hydrogen) atoms. The van der Waals surface area contributed by atoms with Gasteiger partial charge >= 0.3 is 0 Å². The highest BCUT2D eigenvalue weighted by atomic mass is 15.2. The summed E-state index contributed by atoms with van der Waals surface area (Å²) in [6.45, 7) is 2.57. The molecule has 1 heterocycles. The molecule has 2 fully saturated rings. The SMILES string of the molecule is NC(CC1Cc2ccccc21)C1(N2CCCC2)CCCC1. The van der Waals surface area contributed by atoms with Crippen LogP contribution in [0.4, 0.5) is 0 Å². The fraction of sp³-hybridized carbons (Fsp3) is 0.684. The van der Waals surface area contributed by atoms with Crippen LogP contribution in [-0.4, -0.2) is 29.6 Å². The summed E-state index contributed by atoms with van der Waals surface area (Å²) in [5.41, 5.74) is 10.3. The lowest BCUT2D eigenvalue weighted by Gasteiger charge is -2.46. The Morgan fingerprint density at radius 2 is 1.81 bits per heavy atom. The summed E-state index contributed by atoms with van der Waals surface area (Å²) in [5, 5.41) is 0. The molecule has 2 heteroatoms. The molecule has 0 amide bonds. The van der Waals surface area contributed by atoms with Crippen LogP contribution in [0.2, 0.25) is 0 Å². The lowest BCUT2D eigenvalue weighted by Crippen LogP contribution is -2.58. The standard InChI is InChI=1S/C19H28N2/c20-18(14-16-13-15-7-1-2-8-17(15)16)19(9-3-4-10-19)21-11-5-6-12-21/h1-2,7-8,16,18H,3-6,9-14,20H2. The van der Waals surface area contributed by atoms with Crippen molar-refractivity contribution < 1.29 is 0 Å². The Hall–Kier alpha value is -0.860. The number of hydrogen-bond donors (Lipinski definition) is 1. The van der Waals surface area contributed by atoms with Crippen LogP contribution in [0.1, 0.15) is 62.0 Å². The summed E-state index contributed by atoms with van der Waals surface area (Å²) in [6.07, 6.45) is 10.6. The molecule has 1 aromatic rings. The zero-order chi connectivity index (χ0) is 14.3. The molecule has 2 nitrogen and oxygen atoms in total. The third kappa shape index (κ3) is 2.24. The van der Waals surface area contributed by atoms with Gasteiger partial charge in [-0.1, -0.05) is 37.1 Å². The maximum absolute atomic E-state index is 6.82. The van der Waals surface area contributed by atoms with Crippen molar-refractivity contribution in [2.75, 3.05) is 13.1 Å². The van der Waals surface area contributed by atoms with Crippen molar-refractivity contribution in [1.29, 1.82) is 0 Å². The van der Waals surface area contributed by atoms with E-state index >= 15 is 0 Å². The first-order valence-electron chi connectivity index (χ1n) is 8.88. The van der Waals surface area contributed by atoms with E-state index in [4.69, 9.17) is 5.73 Å². The van der Waals surface area contributed by atoms with Gasteiger partial charge in [-0.2, -0.15) is 0 Å². The molecule has 2 aliphatic carbocycles. The van der Waals surface area contributed by atoms with Crippen molar-refractivity contribution in [3.8, 4) is 0 Å². The molecule has 0 spiro atoms. The molecule has 1 aliphatic heterocycles. The molecule has 2 unspecified atom stereocenters. The Labute approximate surface area is 128 Å². The third-order valence-corrected chi connectivity index (χ3v) is 6.40. The quantitative estimate of drug-likeness (QED) is 0.917. The average molecular weight is 284 g/mol. The van der Waals surface area contributed by atoms with Gasteiger partial charge in [-0.3, -0.25) is 4.90 Å². The van der Waals surface area contributed by atoms with Crippen LogP contribution in [0, 0.1) is 0 Å². The van der Waals surface area contributed by atoms with Crippen molar-refractivity contribution in [3.63, 3.8) is 0 Å². The van der Waals surface area contributed by atoms with Gasteiger partial charge < -0.3 is 5.73 Å². The predicted molar refractivity (Wildman–Crippen MR) is 87.5 cm³/mol. The normalized spacial score (nSPS) is 29.1. The van der Waals surface area contributed by atoms with Crippen molar-refractivity contribution in [2.24, 2.45) is 5.73 Å². The second-order valence-corrected chi connectivity index (χ2v) is 7.45. The molecule has 0 radical (unpaired) electrons. The van der Waals surface area contributed by atoms with E-state index in [0.717, 1.165) is 5.92 Å². The van der Waals surface area contributed by atoms with E-state index in [1.807, 2.05) is 0 Å². The minimum absolute atomic E-state index is 0.334. The van der Waals surface area contributed by atoms with E-state index in [9.17, 15) is 0 Å². The number of benzene rings is 1. The van der Waals surface area contributed by atoms with Gasteiger partial charge in [0.25, 0.3) is 0 Å².